The highest BCUT2D eigenvalue weighted by molar-refractivity contribution is 5.96. The molecule has 3 nitrogen and oxygen atoms in total. The largest absolute Gasteiger partial charge is 0.350 e. The maximum absolute atomic E-state index is 14.2. The van der Waals surface area contributed by atoms with E-state index in [1.54, 1.807) is 12.1 Å². The van der Waals surface area contributed by atoms with Gasteiger partial charge in [0.2, 0.25) is 5.95 Å². The van der Waals surface area contributed by atoms with E-state index in [9.17, 15) is 4.39 Å². The highest BCUT2D eigenvalue weighted by Crippen LogP contribution is 2.31. The molecule has 4 rings (SSSR count). The summed E-state index contributed by atoms with van der Waals surface area (Å²) < 4.78 is 14.2. The maximum Gasteiger partial charge on any atom is 0.223 e. The minimum absolute atomic E-state index is 0.222. The van der Waals surface area contributed by atoms with E-state index < -0.39 is 0 Å². The van der Waals surface area contributed by atoms with Crippen molar-refractivity contribution in [1.82, 2.24) is 9.97 Å². The Bertz CT molecular complexity index is 1110. The Morgan fingerprint density at radius 1 is 0.857 bits per heavy atom. The fourth-order valence-corrected chi connectivity index (χ4v) is 3.24. The molecule has 3 aromatic carbocycles. The average Bonchev–Trinajstić information content (AvgIpc) is 2.73. The van der Waals surface area contributed by atoms with Crippen molar-refractivity contribution in [2.45, 2.75) is 26.3 Å². The third-order valence-electron chi connectivity index (χ3n) is 4.78. The van der Waals surface area contributed by atoms with E-state index in [1.807, 2.05) is 42.5 Å². The zero-order chi connectivity index (χ0) is 19.5. The summed E-state index contributed by atoms with van der Waals surface area (Å²) in [6.07, 6.45) is 0. The highest BCUT2D eigenvalue weighted by Gasteiger charge is 2.13. The Balaban J connectivity index is 1.77. The number of anilines is 1. The minimum atomic E-state index is -0.222. The van der Waals surface area contributed by atoms with Crippen LogP contribution in [0.1, 0.15) is 31.0 Å². The molecule has 140 valence electrons. The minimum Gasteiger partial charge on any atom is -0.350 e. The molecule has 0 fully saturated rings. The van der Waals surface area contributed by atoms with Gasteiger partial charge < -0.3 is 5.32 Å². The molecule has 4 aromatic rings. The fourth-order valence-electron chi connectivity index (χ4n) is 3.24. The lowest BCUT2D eigenvalue weighted by atomic mass is 10.00. The zero-order valence-corrected chi connectivity index (χ0v) is 16.0. The SMILES string of the molecule is CC(C)c1cc(-c2ccc(F)c3ccccc23)nc(NCc2ccccc2)n1. The van der Waals surface area contributed by atoms with Crippen molar-refractivity contribution in [2.24, 2.45) is 0 Å². The second-order valence-electron chi connectivity index (χ2n) is 7.14. The van der Waals surface area contributed by atoms with Crippen LogP contribution in [0.2, 0.25) is 0 Å². The number of nitrogens with zero attached hydrogens (tertiary/aromatic N) is 2. The van der Waals surface area contributed by atoms with E-state index in [0.717, 1.165) is 27.9 Å². The first-order valence-electron chi connectivity index (χ1n) is 9.46. The van der Waals surface area contributed by atoms with Crippen molar-refractivity contribution in [3.05, 3.63) is 89.9 Å². The maximum atomic E-state index is 14.2. The first-order chi connectivity index (χ1) is 13.6. The van der Waals surface area contributed by atoms with Crippen LogP contribution in [-0.2, 0) is 6.54 Å². The van der Waals surface area contributed by atoms with E-state index in [2.05, 4.69) is 36.3 Å². The van der Waals surface area contributed by atoms with Crippen molar-refractivity contribution < 1.29 is 4.39 Å². The average molecular weight is 371 g/mol. The van der Waals surface area contributed by atoms with Gasteiger partial charge in [0.15, 0.2) is 0 Å². The van der Waals surface area contributed by atoms with Crippen LogP contribution >= 0.6 is 0 Å². The number of hydrogen-bond donors (Lipinski definition) is 1. The predicted molar refractivity (Wildman–Crippen MR) is 113 cm³/mol. The summed E-state index contributed by atoms with van der Waals surface area (Å²) in [6, 6.07) is 23.0. The number of halogens is 1. The molecular weight excluding hydrogens is 349 g/mol. The third-order valence-corrected chi connectivity index (χ3v) is 4.78. The van der Waals surface area contributed by atoms with Gasteiger partial charge in [0.1, 0.15) is 5.82 Å². The molecule has 0 atom stereocenters. The molecule has 0 unspecified atom stereocenters. The molecule has 0 saturated carbocycles. The second kappa shape index (κ2) is 7.77. The third kappa shape index (κ3) is 3.72. The summed E-state index contributed by atoms with van der Waals surface area (Å²) in [5.41, 5.74) is 3.82. The smallest absolute Gasteiger partial charge is 0.223 e. The Morgan fingerprint density at radius 2 is 1.57 bits per heavy atom. The lowest BCUT2D eigenvalue weighted by molar-refractivity contribution is 0.640. The lowest BCUT2D eigenvalue weighted by Crippen LogP contribution is -2.07. The van der Waals surface area contributed by atoms with Crippen LogP contribution in [0.3, 0.4) is 0 Å². The standard InChI is InChI=1S/C24H22FN3/c1-16(2)22-14-23(20-12-13-21(25)19-11-7-6-10-18(19)20)28-24(27-22)26-15-17-8-4-3-5-9-17/h3-14,16H,15H2,1-2H3,(H,26,27,28). The fraction of sp³-hybridized carbons (Fsp3) is 0.167. The first-order valence-corrected chi connectivity index (χ1v) is 9.46. The van der Waals surface area contributed by atoms with Gasteiger partial charge in [-0.15, -0.1) is 0 Å². The van der Waals surface area contributed by atoms with Gasteiger partial charge >= 0.3 is 0 Å². The van der Waals surface area contributed by atoms with E-state index >= 15 is 0 Å². The van der Waals surface area contributed by atoms with Gasteiger partial charge in [-0.05, 0) is 35.1 Å². The van der Waals surface area contributed by atoms with Crippen LogP contribution < -0.4 is 5.32 Å². The summed E-state index contributed by atoms with van der Waals surface area (Å²) in [7, 11) is 0. The Labute approximate surface area is 164 Å². The Hall–Kier alpha value is -3.27. The van der Waals surface area contributed by atoms with Crippen LogP contribution in [0.15, 0.2) is 72.8 Å². The number of nitrogens with one attached hydrogen (secondary N) is 1. The van der Waals surface area contributed by atoms with Gasteiger partial charge in [0.25, 0.3) is 0 Å². The number of aromatic nitrogens is 2. The molecule has 0 aliphatic rings. The molecule has 4 heteroatoms. The van der Waals surface area contributed by atoms with Gasteiger partial charge in [-0.25, -0.2) is 14.4 Å². The molecule has 0 bridgehead atoms. The second-order valence-corrected chi connectivity index (χ2v) is 7.14. The topological polar surface area (TPSA) is 37.8 Å². The summed E-state index contributed by atoms with van der Waals surface area (Å²) in [5, 5.41) is 4.78. The molecule has 1 heterocycles. The van der Waals surface area contributed by atoms with Gasteiger partial charge in [-0.2, -0.15) is 0 Å². The first kappa shape index (κ1) is 18.1. The van der Waals surface area contributed by atoms with Crippen molar-refractivity contribution >= 4 is 16.7 Å². The quantitative estimate of drug-likeness (QED) is 0.456. The monoisotopic (exact) mass is 371 g/mol. The molecule has 0 aliphatic carbocycles. The molecule has 0 aliphatic heterocycles. The number of benzene rings is 3. The van der Waals surface area contributed by atoms with Gasteiger partial charge in [-0.1, -0.05) is 68.4 Å². The van der Waals surface area contributed by atoms with E-state index in [1.165, 1.54) is 6.07 Å². The molecule has 0 saturated heterocycles. The highest BCUT2D eigenvalue weighted by atomic mass is 19.1. The van der Waals surface area contributed by atoms with Crippen LogP contribution in [0.25, 0.3) is 22.0 Å². The molecule has 28 heavy (non-hydrogen) atoms. The molecule has 1 aromatic heterocycles. The normalized spacial score (nSPS) is 11.1. The van der Waals surface area contributed by atoms with Gasteiger partial charge in [0, 0.05) is 23.2 Å². The number of rotatable bonds is 5. The molecular formula is C24H22FN3. The van der Waals surface area contributed by atoms with Crippen molar-refractivity contribution in [3.8, 4) is 11.3 Å². The van der Waals surface area contributed by atoms with Crippen LogP contribution in [0.5, 0.6) is 0 Å². The van der Waals surface area contributed by atoms with Crippen LogP contribution in [0, 0.1) is 5.82 Å². The van der Waals surface area contributed by atoms with Gasteiger partial charge in [0.05, 0.1) is 5.69 Å². The summed E-state index contributed by atoms with van der Waals surface area (Å²) in [6.45, 7) is 4.86. The van der Waals surface area contributed by atoms with Crippen molar-refractivity contribution in [1.29, 1.82) is 0 Å². The Kier molecular flexibility index (Phi) is 5.02. The lowest BCUT2D eigenvalue weighted by Gasteiger charge is -2.13. The zero-order valence-electron chi connectivity index (χ0n) is 16.0. The summed E-state index contributed by atoms with van der Waals surface area (Å²) >= 11 is 0. The molecule has 1 N–H and O–H groups in total. The van der Waals surface area contributed by atoms with Gasteiger partial charge in [-0.3, -0.25) is 0 Å². The van der Waals surface area contributed by atoms with Crippen molar-refractivity contribution in [3.63, 3.8) is 0 Å². The van der Waals surface area contributed by atoms with Crippen LogP contribution in [-0.4, -0.2) is 9.97 Å². The van der Waals surface area contributed by atoms with E-state index in [-0.39, 0.29) is 11.7 Å². The molecule has 0 spiro atoms. The summed E-state index contributed by atoms with van der Waals surface area (Å²) in [4.78, 5) is 9.41. The Morgan fingerprint density at radius 3 is 2.32 bits per heavy atom. The van der Waals surface area contributed by atoms with Crippen molar-refractivity contribution in [2.75, 3.05) is 5.32 Å². The number of fused-ring (bicyclic) bond motifs is 1. The summed E-state index contributed by atoms with van der Waals surface area (Å²) in [5.74, 6) is 0.615. The molecule has 0 radical (unpaired) electrons. The number of hydrogen-bond acceptors (Lipinski definition) is 3. The van der Waals surface area contributed by atoms with Crippen LogP contribution in [0.4, 0.5) is 10.3 Å². The molecule has 0 amide bonds. The van der Waals surface area contributed by atoms with E-state index in [0.29, 0.717) is 17.9 Å². The van der Waals surface area contributed by atoms with E-state index in [4.69, 9.17) is 4.98 Å². The predicted octanol–water partition coefficient (Wildman–Crippen LogP) is 6.17.